The molecule has 1 saturated carbocycles. The number of amides is 3. The van der Waals surface area contributed by atoms with Gasteiger partial charge < -0.3 is 25.4 Å². The van der Waals surface area contributed by atoms with Gasteiger partial charge in [0.05, 0.1) is 12.6 Å². The van der Waals surface area contributed by atoms with Crippen molar-refractivity contribution in [3.05, 3.63) is 0 Å². The molecule has 0 bridgehead atoms. The molecule has 194 valence electrons. The van der Waals surface area contributed by atoms with Crippen LogP contribution in [0.25, 0.3) is 0 Å². The maximum absolute atomic E-state index is 13.7. The van der Waals surface area contributed by atoms with Gasteiger partial charge >= 0.3 is 6.09 Å². The molecule has 8 nitrogen and oxygen atoms in total. The number of carbonyl (C=O) groups excluding carboxylic acids is 3. The van der Waals surface area contributed by atoms with Gasteiger partial charge in [0.25, 0.3) is 0 Å². The summed E-state index contributed by atoms with van der Waals surface area (Å²) in [4.78, 5) is 41.2. The fraction of sp³-hybridized carbons (Fsp3) is 0.885. The van der Waals surface area contributed by atoms with E-state index in [2.05, 4.69) is 17.6 Å². The molecule has 0 spiro atoms. The number of hydrogen-bond donors (Lipinski definition) is 3. The van der Waals surface area contributed by atoms with E-state index < -0.39 is 23.8 Å². The minimum atomic E-state index is -0.706. The zero-order chi connectivity index (χ0) is 24.9. The first kappa shape index (κ1) is 26.8. The highest BCUT2D eigenvalue weighted by Gasteiger charge is 2.62. The molecule has 34 heavy (non-hydrogen) atoms. The Morgan fingerprint density at radius 1 is 1.06 bits per heavy atom. The van der Waals surface area contributed by atoms with E-state index >= 15 is 0 Å². The second-order valence-corrected chi connectivity index (χ2v) is 11.5. The summed E-state index contributed by atoms with van der Waals surface area (Å²) in [6.45, 7) is 7.96. The molecule has 0 radical (unpaired) electrons. The predicted molar refractivity (Wildman–Crippen MR) is 130 cm³/mol. The lowest BCUT2D eigenvalue weighted by molar-refractivity contribution is -0.142. The second kappa shape index (κ2) is 11.7. The predicted octanol–water partition coefficient (Wildman–Crippen LogP) is 3.36. The quantitative estimate of drug-likeness (QED) is 0.563. The van der Waals surface area contributed by atoms with Crippen LogP contribution in [0.1, 0.15) is 91.9 Å². The van der Waals surface area contributed by atoms with Gasteiger partial charge in [-0.3, -0.25) is 9.59 Å². The number of nitrogens with zero attached hydrogens (tertiary/aromatic N) is 1. The standard InChI is InChI=1S/C26H45N3O5/c1-17-19-15-29-22(21(17)19)23(31)27-18(16-30)13-11-9-7-5-6-8-10-12-14-20(24(29)32)28-25(33)34-26(2,3)4/h17-22,30H,5-16H2,1-4H3,(H,27,31)(H,28,33)/t17?,18-,19+,20-,21?,22-/m0/s1. The molecule has 0 aromatic heterocycles. The molecule has 3 N–H and O–H groups in total. The van der Waals surface area contributed by atoms with E-state index in [1.807, 2.05) is 0 Å². The van der Waals surface area contributed by atoms with E-state index in [0.29, 0.717) is 24.8 Å². The van der Waals surface area contributed by atoms with Crippen molar-refractivity contribution in [2.75, 3.05) is 13.2 Å². The van der Waals surface area contributed by atoms with Crippen LogP contribution in [0, 0.1) is 17.8 Å². The molecule has 3 fully saturated rings. The molecule has 8 heteroatoms. The van der Waals surface area contributed by atoms with Gasteiger partial charge in [-0.15, -0.1) is 0 Å². The van der Waals surface area contributed by atoms with Crippen LogP contribution < -0.4 is 10.6 Å². The van der Waals surface area contributed by atoms with Crippen molar-refractivity contribution in [1.82, 2.24) is 15.5 Å². The lowest BCUT2D eigenvalue weighted by atomic mass is 10.0. The van der Waals surface area contributed by atoms with Crippen LogP contribution in [-0.4, -0.2) is 64.8 Å². The Morgan fingerprint density at radius 3 is 2.24 bits per heavy atom. The summed E-state index contributed by atoms with van der Waals surface area (Å²) in [6, 6.07) is -1.54. The molecule has 6 atom stereocenters. The average molecular weight is 480 g/mol. The summed E-state index contributed by atoms with van der Waals surface area (Å²) < 4.78 is 5.42. The van der Waals surface area contributed by atoms with E-state index in [1.54, 1.807) is 25.7 Å². The first-order valence-corrected chi connectivity index (χ1v) is 13.3. The van der Waals surface area contributed by atoms with Gasteiger partial charge in [-0.05, 0) is 51.4 Å². The van der Waals surface area contributed by atoms with E-state index in [0.717, 1.165) is 51.4 Å². The Balaban J connectivity index is 1.77. The van der Waals surface area contributed by atoms with Crippen LogP contribution in [0.4, 0.5) is 4.79 Å². The lowest BCUT2D eigenvalue weighted by Gasteiger charge is -2.32. The summed E-state index contributed by atoms with van der Waals surface area (Å²) in [5.74, 6) is 0.492. The SMILES string of the molecule is CC1C2[C@@H]1CN1C(=O)[C@@H](NC(=O)OC(C)(C)C)CCCCCCCCCC[C@@H](CO)NC(=O)[C@H]21. The Hall–Kier alpha value is -1.83. The summed E-state index contributed by atoms with van der Waals surface area (Å²) >= 11 is 0. The molecule has 2 unspecified atom stereocenters. The van der Waals surface area contributed by atoms with Crippen LogP contribution in [0.5, 0.6) is 0 Å². The normalized spacial score (nSPS) is 33.9. The highest BCUT2D eigenvalue weighted by molar-refractivity contribution is 5.93. The van der Waals surface area contributed by atoms with Gasteiger partial charge in [0.1, 0.15) is 17.7 Å². The third kappa shape index (κ3) is 7.09. The molecule has 0 aromatic carbocycles. The van der Waals surface area contributed by atoms with Gasteiger partial charge in [0, 0.05) is 6.54 Å². The van der Waals surface area contributed by atoms with Crippen LogP contribution in [0.2, 0.25) is 0 Å². The van der Waals surface area contributed by atoms with Crippen LogP contribution >= 0.6 is 0 Å². The van der Waals surface area contributed by atoms with Gasteiger partial charge in [0.15, 0.2) is 0 Å². The van der Waals surface area contributed by atoms with Crippen molar-refractivity contribution in [3.63, 3.8) is 0 Å². The van der Waals surface area contributed by atoms with Crippen molar-refractivity contribution >= 4 is 17.9 Å². The molecule has 3 amide bonds. The van der Waals surface area contributed by atoms with E-state index in [9.17, 15) is 19.5 Å². The van der Waals surface area contributed by atoms with Crippen molar-refractivity contribution < 1.29 is 24.2 Å². The number of carbonyl (C=O) groups is 3. The molecular weight excluding hydrogens is 434 g/mol. The number of rotatable bonds is 2. The molecule has 2 heterocycles. The van der Waals surface area contributed by atoms with Crippen molar-refractivity contribution in [1.29, 1.82) is 0 Å². The van der Waals surface area contributed by atoms with Crippen molar-refractivity contribution in [2.24, 2.45) is 17.8 Å². The van der Waals surface area contributed by atoms with Gasteiger partial charge in [-0.25, -0.2) is 4.79 Å². The Bertz CT molecular complexity index is 722. The maximum atomic E-state index is 13.7. The second-order valence-electron chi connectivity index (χ2n) is 11.5. The fourth-order valence-corrected chi connectivity index (χ4v) is 5.68. The zero-order valence-corrected chi connectivity index (χ0v) is 21.5. The topological polar surface area (TPSA) is 108 Å². The molecule has 0 aromatic rings. The van der Waals surface area contributed by atoms with Crippen LogP contribution in [0.3, 0.4) is 0 Å². The summed E-state index contributed by atoms with van der Waals surface area (Å²) in [5, 5.41) is 15.7. The average Bonchev–Trinajstić information content (AvgIpc) is 3.19. The highest BCUT2D eigenvalue weighted by Crippen LogP contribution is 2.55. The monoisotopic (exact) mass is 479 g/mol. The molecule has 3 aliphatic rings. The van der Waals surface area contributed by atoms with E-state index in [1.165, 1.54) is 6.42 Å². The van der Waals surface area contributed by atoms with Crippen molar-refractivity contribution in [3.8, 4) is 0 Å². The Kier molecular flexibility index (Phi) is 9.24. The molecule has 2 saturated heterocycles. The summed E-state index contributed by atoms with van der Waals surface area (Å²) in [5.41, 5.74) is -0.656. The van der Waals surface area contributed by atoms with Crippen LogP contribution in [0.15, 0.2) is 0 Å². The Labute approximate surface area is 204 Å². The maximum Gasteiger partial charge on any atom is 0.408 e. The molecule has 2 aliphatic heterocycles. The number of ether oxygens (including phenoxy) is 1. The first-order valence-electron chi connectivity index (χ1n) is 13.3. The van der Waals surface area contributed by atoms with E-state index in [4.69, 9.17) is 4.74 Å². The van der Waals surface area contributed by atoms with Gasteiger partial charge in [-0.2, -0.15) is 0 Å². The van der Waals surface area contributed by atoms with E-state index in [-0.39, 0.29) is 30.4 Å². The number of nitrogens with one attached hydrogen (secondary N) is 2. The number of piperidine rings is 1. The lowest BCUT2D eigenvalue weighted by Crippen LogP contribution is -2.57. The van der Waals surface area contributed by atoms with Crippen LogP contribution in [-0.2, 0) is 14.3 Å². The first-order chi connectivity index (χ1) is 16.1. The van der Waals surface area contributed by atoms with Crippen molar-refractivity contribution in [2.45, 2.75) is 116 Å². The number of fused-ring (bicyclic) bond motifs is 3. The number of alkyl carbamates (subject to hydrolysis) is 1. The fourth-order valence-electron chi connectivity index (χ4n) is 5.68. The third-order valence-electron chi connectivity index (χ3n) is 7.65. The minimum Gasteiger partial charge on any atom is -0.444 e. The number of aliphatic hydroxyl groups excluding tert-OH is 1. The number of aliphatic hydroxyl groups is 1. The summed E-state index contributed by atoms with van der Waals surface area (Å²) in [7, 11) is 0. The zero-order valence-electron chi connectivity index (χ0n) is 21.5. The highest BCUT2D eigenvalue weighted by atomic mass is 16.6. The third-order valence-corrected chi connectivity index (χ3v) is 7.65. The molecular formula is C26H45N3O5. The van der Waals surface area contributed by atoms with Gasteiger partial charge in [-0.1, -0.05) is 58.3 Å². The number of hydrogen-bond acceptors (Lipinski definition) is 5. The molecule has 3 rings (SSSR count). The molecule has 1 aliphatic carbocycles. The summed E-state index contributed by atoms with van der Waals surface area (Å²) in [6.07, 6.45) is 9.21. The minimum absolute atomic E-state index is 0.0983. The Morgan fingerprint density at radius 2 is 1.65 bits per heavy atom. The smallest absolute Gasteiger partial charge is 0.408 e. The largest absolute Gasteiger partial charge is 0.444 e. The van der Waals surface area contributed by atoms with Gasteiger partial charge in [0.2, 0.25) is 11.8 Å².